The van der Waals surface area contributed by atoms with E-state index in [1.165, 1.54) is 0 Å². The number of alkyl halides is 2. The van der Waals surface area contributed by atoms with Gasteiger partial charge >= 0.3 is 11.8 Å². The van der Waals surface area contributed by atoms with E-state index in [4.69, 9.17) is 21.7 Å². The molecule has 25 heavy (non-hydrogen) atoms. The fourth-order valence-corrected chi connectivity index (χ4v) is 2.43. The Morgan fingerprint density at radius 2 is 1.96 bits per heavy atom. The van der Waals surface area contributed by atoms with Gasteiger partial charge in [0.25, 0.3) is 0 Å². The molecule has 0 unspecified atom stereocenters. The van der Waals surface area contributed by atoms with Gasteiger partial charge in [-0.05, 0) is 0 Å². The number of guanidine groups is 1. The first kappa shape index (κ1) is 21.0. The monoisotopic (exact) mass is 370 g/mol. The molecule has 1 aliphatic rings. The van der Waals surface area contributed by atoms with Crippen LogP contribution in [0.25, 0.3) is 0 Å². The number of carbonyl (C=O) groups excluding carboxylic acids is 1. The molecule has 0 aromatic carbocycles. The van der Waals surface area contributed by atoms with Gasteiger partial charge in [0.05, 0.1) is 12.6 Å². The zero-order chi connectivity index (χ0) is 19.5. The second-order valence-electron chi connectivity index (χ2n) is 5.45. The van der Waals surface area contributed by atoms with Crippen LogP contribution in [0.3, 0.4) is 0 Å². The molecule has 1 amide bonds. The number of hydrogen-bond acceptors (Lipinski definition) is 7. The van der Waals surface area contributed by atoms with E-state index < -0.39 is 66.9 Å². The van der Waals surface area contributed by atoms with Crippen molar-refractivity contribution in [3.8, 4) is 0 Å². The van der Waals surface area contributed by atoms with Crippen LogP contribution in [0, 0.1) is 0 Å². The zero-order valence-corrected chi connectivity index (χ0v) is 13.0. The largest absolute Gasteiger partial charge is 0.477 e. The van der Waals surface area contributed by atoms with Gasteiger partial charge < -0.3 is 41.9 Å². The van der Waals surface area contributed by atoms with E-state index in [2.05, 4.69) is 15.0 Å². The number of hydrogen-bond donors (Lipinski definition) is 7. The van der Waals surface area contributed by atoms with E-state index in [1.807, 2.05) is 0 Å². The summed E-state index contributed by atoms with van der Waals surface area (Å²) < 4.78 is 33.6. The van der Waals surface area contributed by atoms with Gasteiger partial charge in [0.1, 0.15) is 24.4 Å². The van der Waals surface area contributed by atoms with Crippen molar-refractivity contribution in [3.63, 3.8) is 0 Å². The minimum atomic E-state index is -3.97. The van der Waals surface area contributed by atoms with Crippen molar-refractivity contribution >= 4 is 17.8 Å². The Balaban J connectivity index is 3.44. The summed E-state index contributed by atoms with van der Waals surface area (Å²) in [5.41, 5.74) is 10.3. The average molecular weight is 370 g/mol. The standard InChI is InChI=1S/C12H20F2N4O7/c1-3(20)17-5-6(18-11(15)16)9(13)12(14,10(23)24)25-8(5)7(22)4(21)2-19/h4-9,19,21-22H,2H2,1H3,(H,17,20)(H,23,24)(H4,15,16,18)/t4-,5-,6-,7+,8-,9+,12-/m1/s1. The lowest BCUT2D eigenvalue weighted by atomic mass is 9.86. The number of aliphatic carboxylic acids is 1. The number of halogens is 2. The topological polar surface area (TPSA) is 201 Å². The lowest BCUT2D eigenvalue weighted by Gasteiger charge is -2.45. The first-order valence-corrected chi connectivity index (χ1v) is 7.02. The number of carboxylic acids is 1. The molecule has 0 radical (unpaired) electrons. The predicted octanol–water partition coefficient (Wildman–Crippen LogP) is -3.67. The summed E-state index contributed by atoms with van der Waals surface area (Å²) in [5.74, 6) is -7.87. The molecule has 0 spiro atoms. The number of aliphatic hydroxyl groups is 3. The Morgan fingerprint density at radius 1 is 1.40 bits per heavy atom. The molecule has 9 N–H and O–H groups in total. The van der Waals surface area contributed by atoms with Gasteiger partial charge in [0.2, 0.25) is 5.91 Å². The highest BCUT2D eigenvalue weighted by molar-refractivity contribution is 5.79. The van der Waals surface area contributed by atoms with Crippen LogP contribution in [-0.2, 0) is 14.3 Å². The summed E-state index contributed by atoms with van der Waals surface area (Å²) in [6.07, 6.45) is -8.96. The van der Waals surface area contributed by atoms with Crippen LogP contribution in [0.1, 0.15) is 6.92 Å². The lowest BCUT2D eigenvalue weighted by molar-refractivity contribution is -0.276. The third-order valence-corrected chi connectivity index (χ3v) is 3.56. The average Bonchev–Trinajstić information content (AvgIpc) is 2.51. The maximum absolute atomic E-state index is 14.6. The van der Waals surface area contributed by atoms with Crippen molar-refractivity contribution < 1.29 is 43.5 Å². The minimum Gasteiger partial charge on any atom is -0.477 e. The fourth-order valence-electron chi connectivity index (χ4n) is 2.43. The Kier molecular flexibility index (Phi) is 6.59. The first-order valence-electron chi connectivity index (χ1n) is 7.02. The number of nitrogens with one attached hydrogen (secondary N) is 1. The number of aliphatic imine (C=N–C) groups is 1. The highest BCUT2D eigenvalue weighted by Gasteiger charge is 2.63. The number of rotatable bonds is 6. The smallest absolute Gasteiger partial charge is 0.372 e. The number of aliphatic hydroxyl groups excluding tert-OH is 3. The predicted molar refractivity (Wildman–Crippen MR) is 77.5 cm³/mol. The molecule has 11 nitrogen and oxygen atoms in total. The molecule has 1 fully saturated rings. The number of nitrogens with two attached hydrogens (primary N) is 2. The summed E-state index contributed by atoms with van der Waals surface area (Å²) in [6.45, 7) is -0.00752. The van der Waals surface area contributed by atoms with Crippen molar-refractivity contribution in [1.82, 2.24) is 5.32 Å². The number of ether oxygens (including phenoxy) is 1. The quantitative estimate of drug-likeness (QED) is 0.182. The van der Waals surface area contributed by atoms with Crippen molar-refractivity contribution in [2.24, 2.45) is 16.5 Å². The molecule has 0 bridgehead atoms. The van der Waals surface area contributed by atoms with E-state index in [0.29, 0.717) is 0 Å². The molecule has 0 aromatic heterocycles. The second-order valence-corrected chi connectivity index (χ2v) is 5.45. The highest BCUT2D eigenvalue weighted by atomic mass is 19.2. The Morgan fingerprint density at radius 3 is 2.36 bits per heavy atom. The Labute approximate surface area is 140 Å². The van der Waals surface area contributed by atoms with Crippen LogP contribution in [0.5, 0.6) is 0 Å². The molecule has 1 heterocycles. The van der Waals surface area contributed by atoms with Crippen molar-refractivity contribution in [3.05, 3.63) is 0 Å². The number of carbonyl (C=O) groups is 2. The Hall–Kier alpha value is -2.09. The molecule has 144 valence electrons. The van der Waals surface area contributed by atoms with Crippen LogP contribution in [0.2, 0.25) is 0 Å². The molecular formula is C12H20F2N4O7. The molecule has 0 saturated carbocycles. The van der Waals surface area contributed by atoms with Crippen molar-refractivity contribution in [1.29, 1.82) is 0 Å². The number of carboxylic acid groups (broad SMARTS) is 1. The zero-order valence-electron chi connectivity index (χ0n) is 13.0. The third kappa shape index (κ3) is 4.31. The molecule has 1 saturated heterocycles. The molecule has 1 rings (SSSR count). The molecule has 0 aliphatic carbocycles. The molecule has 7 atom stereocenters. The van der Waals surface area contributed by atoms with E-state index in [-0.39, 0.29) is 0 Å². The van der Waals surface area contributed by atoms with E-state index in [9.17, 15) is 28.6 Å². The van der Waals surface area contributed by atoms with Crippen LogP contribution in [-0.4, -0.2) is 87.3 Å². The van der Waals surface area contributed by atoms with Gasteiger partial charge in [-0.2, -0.15) is 4.39 Å². The SMILES string of the molecule is CC(=O)N[C@@H]1[C@@H](N=C(N)N)[C@H](F)[C@](F)(C(=O)O)O[C@H]1[C@@H](O)[C@H](O)CO. The third-order valence-electron chi connectivity index (χ3n) is 3.56. The maximum atomic E-state index is 14.6. The molecule has 1 aliphatic heterocycles. The van der Waals surface area contributed by atoms with Gasteiger partial charge in [-0.1, -0.05) is 0 Å². The van der Waals surface area contributed by atoms with Gasteiger partial charge in [-0.15, -0.1) is 0 Å². The summed E-state index contributed by atoms with van der Waals surface area (Å²) in [5, 5.41) is 39.5. The highest BCUT2D eigenvalue weighted by Crippen LogP contribution is 2.37. The van der Waals surface area contributed by atoms with Crippen LogP contribution >= 0.6 is 0 Å². The summed E-state index contributed by atoms with van der Waals surface area (Å²) in [6, 6.07) is -3.64. The number of nitrogens with zero attached hydrogens (tertiary/aromatic N) is 1. The number of amides is 1. The molecular weight excluding hydrogens is 350 g/mol. The van der Waals surface area contributed by atoms with Crippen molar-refractivity contribution in [2.75, 3.05) is 6.61 Å². The van der Waals surface area contributed by atoms with E-state index >= 15 is 0 Å². The van der Waals surface area contributed by atoms with Crippen molar-refractivity contribution in [2.45, 2.75) is 49.3 Å². The van der Waals surface area contributed by atoms with Gasteiger partial charge in [0.15, 0.2) is 12.1 Å². The van der Waals surface area contributed by atoms with Crippen LogP contribution < -0.4 is 16.8 Å². The first-order chi connectivity index (χ1) is 11.5. The normalized spacial score (nSPS) is 34.6. The fraction of sp³-hybridized carbons (Fsp3) is 0.750. The minimum absolute atomic E-state index is 0.742. The van der Waals surface area contributed by atoms with Crippen LogP contribution in [0.15, 0.2) is 4.99 Å². The van der Waals surface area contributed by atoms with Gasteiger partial charge in [-0.3, -0.25) is 4.79 Å². The lowest BCUT2D eigenvalue weighted by Crippen LogP contribution is -2.71. The summed E-state index contributed by atoms with van der Waals surface area (Å²) in [7, 11) is 0. The van der Waals surface area contributed by atoms with E-state index in [1.54, 1.807) is 0 Å². The van der Waals surface area contributed by atoms with Crippen LogP contribution in [0.4, 0.5) is 8.78 Å². The maximum Gasteiger partial charge on any atom is 0.372 e. The van der Waals surface area contributed by atoms with E-state index in [0.717, 1.165) is 6.92 Å². The molecule has 0 aromatic rings. The summed E-state index contributed by atoms with van der Waals surface area (Å²) >= 11 is 0. The van der Waals surface area contributed by atoms with Gasteiger partial charge in [-0.25, -0.2) is 14.2 Å². The Bertz CT molecular complexity index is 548. The molecule has 13 heteroatoms. The van der Waals surface area contributed by atoms with Gasteiger partial charge in [0, 0.05) is 6.92 Å². The summed E-state index contributed by atoms with van der Waals surface area (Å²) in [4.78, 5) is 25.9. The second kappa shape index (κ2) is 7.86.